The minimum Gasteiger partial charge on any atom is -0.478 e. The molecule has 1 rings (SSSR count). The Hall–Kier alpha value is -1.22. The van der Waals surface area contributed by atoms with E-state index < -0.39 is 5.97 Å². The van der Waals surface area contributed by atoms with Crippen molar-refractivity contribution in [2.24, 2.45) is 0 Å². The third-order valence-corrected chi connectivity index (χ3v) is 2.48. The van der Waals surface area contributed by atoms with Crippen molar-refractivity contribution in [1.82, 2.24) is 0 Å². The molecule has 1 aromatic carbocycles. The molecule has 0 radical (unpaired) electrons. The van der Waals surface area contributed by atoms with Gasteiger partial charge in [0.15, 0.2) is 0 Å². The van der Waals surface area contributed by atoms with Gasteiger partial charge in [-0.2, -0.15) is 0 Å². The lowest BCUT2D eigenvalue weighted by atomic mass is 10.2. The Morgan fingerprint density at radius 3 is 2.54 bits per heavy atom. The van der Waals surface area contributed by atoms with Crippen LogP contribution in [0.25, 0.3) is 0 Å². The second kappa shape index (κ2) is 4.72. The van der Waals surface area contributed by atoms with Gasteiger partial charge in [0.25, 0.3) is 0 Å². The second-order valence-corrected chi connectivity index (χ2v) is 3.52. The van der Waals surface area contributed by atoms with Crippen LogP contribution in [0, 0.1) is 0 Å². The van der Waals surface area contributed by atoms with Crippen molar-refractivity contribution >= 4 is 17.7 Å². The van der Waals surface area contributed by atoms with Crippen LogP contribution in [-0.2, 0) is 0 Å². The van der Waals surface area contributed by atoms with Crippen LogP contribution in [0.15, 0.2) is 41.8 Å². The van der Waals surface area contributed by atoms with Crippen LogP contribution in [0.2, 0.25) is 0 Å². The fourth-order valence-corrected chi connectivity index (χ4v) is 1.49. The minimum absolute atomic E-state index is 0.322. The molecule has 0 spiro atoms. The highest BCUT2D eigenvalue weighted by Gasteiger charge is 2.00. The molecule has 1 N–H and O–H groups in total. The van der Waals surface area contributed by atoms with E-state index in [2.05, 4.69) is 6.58 Å². The van der Waals surface area contributed by atoms with E-state index in [1.54, 1.807) is 36.0 Å². The Morgan fingerprint density at radius 1 is 1.46 bits per heavy atom. The summed E-state index contributed by atoms with van der Waals surface area (Å²) >= 11 is 1.63. The van der Waals surface area contributed by atoms with E-state index in [1.165, 1.54) is 0 Å². The van der Waals surface area contributed by atoms with Gasteiger partial charge in [-0.15, -0.1) is 18.3 Å². The number of hydrogen-bond donors (Lipinski definition) is 1. The molecule has 3 heteroatoms. The van der Waals surface area contributed by atoms with Gasteiger partial charge >= 0.3 is 5.97 Å². The summed E-state index contributed by atoms with van der Waals surface area (Å²) in [7, 11) is 0. The number of hydrogen-bond acceptors (Lipinski definition) is 2. The first-order valence-corrected chi connectivity index (χ1v) is 4.79. The summed E-state index contributed by atoms with van der Waals surface area (Å²) in [6.45, 7) is 3.61. The molecule has 0 aliphatic rings. The molecule has 0 unspecified atom stereocenters. The smallest absolute Gasteiger partial charge is 0.335 e. The number of carboxylic acid groups (broad SMARTS) is 1. The average Bonchev–Trinajstić information content (AvgIpc) is 2.15. The monoisotopic (exact) mass is 194 g/mol. The first kappa shape index (κ1) is 9.86. The zero-order chi connectivity index (χ0) is 9.68. The number of carbonyl (C=O) groups is 1. The lowest BCUT2D eigenvalue weighted by Crippen LogP contribution is -1.94. The molecule has 0 aromatic heterocycles. The number of benzene rings is 1. The van der Waals surface area contributed by atoms with Gasteiger partial charge in [-0.3, -0.25) is 0 Å². The van der Waals surface area contributed by atoms with Crippen molar-refractivity contribution in [2.75, 3.05) is 5.75 Å². The quantitative estimate of drug-likeness (QED) is 0.591. The van der Waals surface area contributed by atoms with Gasteiger partial charge in [-0.25, -0.2) is 4.79 Å². The molecule has 0 aliphatic heterocycles. The fourth-order valence-electron chi connectivity index (χ4n) is 0.849. The second-order valence-electron chi connectivity index (χ2n) is 2.43. The molecule has 0 bridgehead atoms. The summed E-state index contributed by atoms with van der Waals surface area (Å²) in [5.74, 6) is -0.0489. The van der Waals surface area contributed by atoms with Gasteiger partial charge < -0.3 is 5.11 Å². The number of thioether (sulfide) groups is 1. The molecule has 0 heterocycles. The Balaban J connectivity index is 2.69. The molecule has 68 valence electrons. The number of aromatic carboxylic acids is 1. The van der Waals surface area contributed by atoms with Gasteiger partial charge in [0.05, 0.1) is 5.56 Å². The maximum Gasteiger partial charge on any atom is 0.335 e. The summed E-state index contributed by atoms with van der Waals surface area (Å²) in [6, 6.07) is 6.82. The Bertz CT molecular complexity index is 303. The van der Waals surface area contributed by atoms with Crippen LogP contribution < -0.4 is 0 Å². The summed E-state index contributed by atoms with van der Waals surface area (Å²) in [6.07, 6.45) is 1.82. The van der Waals surface area contributed by atoms with Crippen molar-refractivity contribution in [3.8, 4) is 0 Å². The summed E-state index contributed by atoms with van der Waals surface area (Å²) in [5.41, 5.74) is 0.322. The van der Waals surface area contributed by atoms with Gasteiger partial charge in [-0.05, 0) is 24.3 Å². The van der Waals surface area contributed by atoms with Gasteiger partial charge in [0.1, 0.15) is 0 Å². The molecule has 0 fully saturated rings. The lowest BCUT2D eigenvalue weighted by Gasteiger charge is -1.98. The molecule has 0 amide bonds. The average molecular weight is 194 g/mol. The summed E-state index contributed by atoms with van der Waals surface area (Å²) < 4.78 is 0. The van der Waals surface area contributed by atoms with Crippen LogP contribution >= 0.6 is 11.8 Å². The van der Waals surface area contributed by atoms with Crippen molar-refractivity contribution in [3.05, 3.63) is 42.5 Å². The maximum atomic E-state index is 10.5. The molecule has 0 atom stereocenters. The fraction of sp³-hybridized carbons (Fsp3) is 0.100. The van der Waals surface area contributed by atoms with Crippen LogP contribution in [0.3, 0.4) is 0 Å². The highest BCUT2D eigenvalue weighted by atomic mass is 32.2. The first-order chi connectivity index (χ1) is 6.24. The molecule has 0 saturated heterocycles. The van der Waals surface area contributed by atoms with Crippen LogP contribution in [-0.4, -0.2) is 16.8 Å². The maximum absolute atomic E-state index is 10.5. The minimum atomic E-state index is -0.889. The summed E-state index contributed by atoms with van der Waals surface area (Å²) in [4.78, 5) is 11.6. The molecule has 1 aromatic rings. The predicted molar refractivity (Wildman–Crippen MR) is 54.3 cm³/mol. The first-order valence-electron chi connectivity index (χ1n) is 3.81. The van der Waals surface area contributed by atoms with E-state index in [0.717, 1.165) is 10.6 Å². The Kier molecular flexibility index (Phi) is 3.58. The van der Waals surface area contributed by atoms with E-state index in [0.29, 0.717) is 5.56 Å². The SMILES string of the molecule is C=CCSc1ccc(C(=O)O)cc1. The Labute approximate surface area is 81.3 Å². The standard InChI is InChI=1S/C10H10O2S/c1-2-7-13-9-5-3-8(4-6-9)10(11)12/h2-6H,1,7H2,(H,11,12). The van der Waals surface area contributed by atoms with E-state index >= 15 is 0 Å². The largest absolute Gasteiger partial charge is 0.478 e. The predicted octanol–water partition coefficient (Wildman–Crippen LogP) is 2.66. The van der Waals surface area contributed by atoms with Gasteiger partial charge in [0, 0.05) is 10.6 Å². The van der Waals surface area contributed by atoms with Crippen molar-refractivity contribution in [1.29, 1.82) is 0 Å². The zero-order valence-electron chi connectivity index (χ0n) is 7.06. The van der Waals surface area contributed by atoms with Crippen molar-refractivity contribution in [3.63, 3.8) is 0 Å². The van der Waals surface area contributed by atoms with Crippen molar-refractivity contribution < 1.29 is 9.90 Å². The van der Waals surface area contributed by atoms with Crippen LogP contribution in [0.5, 0.6) is 0 Å². The molecule has 2 nitrogen and oxygen atoms in total. The van der Waals surface area contributed by atoms with Crippen LogP contribution in [0.1, 0.15) is 10.4 Å². The van der Waals surface area contributed by atoms with Crippen molar-refractivity contribution in [2.45, 2.75) is 4.90 Å². The number of rotatable bonds is 4. The molecule has 0 aliphatic carbocycles. The lowest BCUT2D eigenvalue weighted by molar-refractivity contribution is 0.0697. The van der Waals surface area contributed by atoms with E-state index in [4.69, 9.17) is 5.11 Å². The molecule has 13 heavy (non-hydrogen) atoms. The highest BCUT2D eigenvalue weighted by molar-refractivity contribution is 7.99. The highest BCUT2D eigenvalue weighted by Crippen LogP contribution is 2.18. The molecular weight excluding hydrogens is 184 g/mol. The van der Waals surface area contributed by atoms with Gasteiger partial charge in [-0.1, -0.05) is 6.08 Å². The third-order valence-electron chi connectivity index (χ3n) is 1.47. The zero-order valence-corrected chi connectivity index (χ0v) is 7.88. The van der Waals surface area contributed by atoms with Crippen LogP contribution in [0.4, 0.5) is 0 Å². The third kappa shape index (κ3) is 2.95. The number of carboxylic acids is 1. The Morgan fingerprint density at radius 2 is 2.08 bits per heavy atom. The summed E-state index contributed by atoms with van der Waals surface area (Å²) in [5, 5.41) is 8.63. The van der Waals surface area contributed by atoms with E-state index in [9.17, 15) is 4.79 Å². The van der Waals surface area contributed by atoms with E-state index in [-0.39, 0.29) is 0 Å². The molecular formula is C10H10O2S. The molecule has 0 saturated carbocycles. The van der Waals surface area contributed by atoms with E-state index in [1.807, 2.05) is 6.08 Å². The normalized spacial score (nSPS) is 9.54. The topological polar surface area (TPSA) is 37.3 Å². The van der Waals surface area contributed by atoms with Gasteiger partial charge in [0.2, 0.25) is 0 Å².